The van der Waals surface area contributed by atoms with E-state index in [0.717, 1.165) is 19.6 Å². The lowest BCUT2D eigenvalue weighted by atomic mass is 10.1. The van der Waals surface area contributed by atoms with Crippen LogP contribution in [0.15, 0.2) is 0 Å². The number of nitrogens with zero attached hydrogens (tertiary/aromatic N) is 1. The minimum Gasteiger partial charge on any atom is -0.395 e. The summed E-state index contributed by atoms with van der Waals surface area (Å²) in [7, 11) is 2.09. The van der Waals surface area contributed by atoms with E-state index in [9.17, 15) is 0 Å². The van der Waals surface area contributed by atoms with Gasteiger partial charge in [0, 0.05) is 25.7 Å². The molecule has 3 heteroatoms. The van der Waals surface area contributed by atoms with Crippen molar-refractivity contribution in [2.24, 2.45) is 0 Å². The van der Waals surface area contributed by atoms with Gasteiger partial charge in [-0.3, -0.25) is 0 Å². The zero-order chi connectivity index (χ0) is 6.69. The van der Waals surface area contributed by atoms with Gasteiger partial charge in [-0.1, -0.05) is 0 Å². The number of hydrogen-bond donors (Lipinski definition) is 2. The van der Waals surface area contributed by atoms with Crippen LogP contribution in [0, 0.1) is 0 Å². The highest BCUT2D eigenvalue weighted by atomic mass is 16.3. The first-order valence-corrected chi connectivity index (χ1v) is 3.35. The van der Waals surface area contributed by atoms with Crippen molar-refractivity contribution in [3.8, 4) is 0 Å². The smallest absolute Gasteiger partial charge is 0.0556 e. The molecular weight excluding hydrogens is 116 g/mol. The summed E-state index contributed by atoms with van der Waals surface area (Å²) in [5.41, 5.74) is 0. The van der Waals surface area contributed by atoms with Gasteiger partial charge in [0.05, 0.1) is 6.61 Å². The Morgan fingerprint density at radius 2 is 2.33 bits per heavy atom. The zero-order valence-corrected chi connectivity index (χ0v) is 5.80. The van der Waals surface area contributed by atoms with Crippen LogP contribution >= 0.6 is 0 Å². The SMILES string of the molecule is CN1CC(NCCO)C1. The number of likely N-dealkylation sites (N-methyl/N-ethyl adjacent to an activating group) is 1. The molecule has 1 aliphatic rings. The molecule has 0 aromatic rings. The van der Waals surface area contributed by atoms with Crippen LogP contribution < -0.4 is 5.32 Å². The molecule has 3 nitrogen and oxygen atoms in total. The minimum absolute atomic E-state index is 0.250. The molecule has 1 rings (SSSR count). The van der Waals surface area contributed by atoms with Gasteiger partial charge in [0.2, 0.25) is 0 Å². The second-order valence-electron chi connectivity index (χ2n) is 2.60. The summed E-state index contributed by atoms with van der Waals surface area (Å²) in [6, 6.07) is 0.627. The first-order valence-electron chi connectivity index (χ1n) is 3.35. The standard InChI is InChI=1S/C6H14N2O/c1-8-4-6(5-8)7-2-3-9/h6-7,9H,2-5H2,1H3. The van der Waals surface area contributed by atoms with E-state index in [1.165, 1.54) is 0 Å². The molecule has 0 atom stereocenters. The predicted molar refractivity (Wildman–Crippen MR) is 36.4 cm³/mol. The molecule has 0 unspecified atom stereocenters. The third-order valence-corrected chi connectivity index (χ3v) is 1.61. The van der Waals surface area contributed by atoms with Crippen LogP contribution in [0.4, 0.5) is 0 Å². The Morgan fingerprint density at radius 3 is 2.78 bits per heavy atom. The lowest BCUT2D eigenvalue weighted by Crippen LogP contribution is -2.56. The van der Waals surface area contributed by atoms with Crippen molar-refractivity contribution in [1.82, 2.24) is 10.2 Å². The molecule has 54 valence electrons. The monoisotopic (exact) mass is 130 g/mol. The number of hydrogen-bond acceptors (Lipinski definition) is 3. The van der Waals surface area contributed by atoms with Gasteiger partial charge in [-0.2, -0.15) is 0 Å². The molecule has 1 saturated heterocycles. The van der Waals surface area contributed by atoms with E-state index in [0.29, 0.717) is 6.04 Å². The van der Waals surface area contributed by atoms with Gasteiger partial charge in [-0.15, -0.1) is 0 Å². The molecule has 0 saturated carbocycles. The molecular formula is C6H14N2O. The molecule has 9 heavy (non-hydrogen) atoms. The maximum Gasteiger partial charge on any atom is 0.0556 e. The van der Waals surface area contributed by atoms with Crippen molar-refractivity contribution < 1.29 is 5.11 Å². The highest BCUT2D eigenvalue weighted by Crippen LogP contribution is 2.01. The van der Waals surface area contributed by atoms with Gasteiger partial charge in [0.1, 0.15) is 0 Å². The van der Waals surface area contributed by atoms with Crippen molar-refractivity contribution in [3.63, 3.8) is 0 Å². The van der Waals surface area contributed by atoms with Crippen LogP contribution in [0.5, 0.6) is 0 Å². The molecule has 1 fully saturated rings. The van der Waals surface area contributed by atoms with Gasteiger partial charge in [0.25, 0.3) is 0 Å². The number of aliphatic hydroxyl groups is 1. The van der Waals surface area contributed by atoms with E-state index >= 15 is 0 Å². The highest BCUT2D eigenvalue weighted by Gasteiger charge is 2.21. The predicted octanol–water partition coefficient (Wildman–Crippen LogP) is -1.12. The van der Waals surface area contributed by atoms with Gasteiger partial charge in [-0.05, 0) is 7.05 Å². The number of likely N-dealkylation sites (tertiary alicyclic amines) is 1. The van der Waals surface area contributed by atoms with Crippen LogP contribution in [-0.2, 0) is 0 Å². The van der Waals surface area contributed by atoms with Gasteiger partial charge >= 0.3 is 0 Å². The van der Waals surface area contributed by atoms with E-state index in [1.807, 2.05) is 0 Å². The lowest BCUT2D eigenvalue weighted by molar-refractivity contribution is 0.154. The third kappa shape index (κ3) is 1.93. The molecule has 1 heterocycles. The Kier molecular flexibility index (Phi) is 2.45. The van der Waals surface area contributed by atoms with Crippen molar-refractivity contribution in [1.29, 1.82) is 0 Å². The van der Waals surface area contributed by atoms with Crippen LogP contribution in [0.3, 0.4) is 0 Å². The second-order valence-corrected chi connectivity index (χ2v) is 2.60. The average Bonchev–Trinajstić information content (AvgIpc) is 1.78. The Hall–Kier alpha value is -0.120. The van der Waals surface area contributed by atoms with E-state index in [1.54, 1.807) is 0 Å². The summed E-state index contributed by atoms with van der Waals surface area (Å²) in [6.07, 6.45) is 0. The van der Waals surface area contributed by atoms with Crippen LogP contribution in [0.25, 0.3) is 0 Å². The summed E-state index contributed by atoms with van der Waals surface area (Å²) in [5, 5.41) is 11.6. The Balaban J connectivity index is 1.91. The third-order valence-electron chi connectivity index (χ3n) is 1.61. The number of rotatable bonds is 3. The van der Waals surface area contributed by atoms with Gasteiger partial charge in [0.15, 0.2) is 0 Å². The molecule has 0 bridgehead atoms. The topological polar surface area (TPSA) is 35.5 Å². The van der Waals surface area contributed by atoms with E-state index in [2.05, 4.69) is 17.3 Å². The quantitative estimate of drug-likeness (QED) is 0.508. The molecule has 0 amide bonds. The van der Waals surface area contributed by atoms with E-state index in [-0.39, 0.29) is 6.61 Å². The molecule has 0 aromatic heterocycles. The average molecular weight is 130 g/mol. The summed E-state index contributed by atoms with van der Waals surface area (Å²) in [4.78, 5) is 2.25. The Labute approximate surface area is 55.7 Å². The fourth-order valence-corrected chi connectivity index (χ4v) is 1.10. The van der Waals surface area contributed by atoms with Crippen molar-refractivity contribution in [2.75, 3.05) is 33.3 Å². The summed E-state index contributed by atoms with van der Waals surface area (Å²) < 4.78 is 0. The lowest BCUT2D eigenvalue weighted by Gasteiger charge is -2.36. The Bertz CT molecular complexity index is 81.1. The first-order chi connectivity index (χ1) is 4.33. The van der Waals surface area contributed by atoms with Gasteiger partial charge in [-0.25, -0.2) is 0 Å². The second kappa shape index (κ2) is 3.15. The molecule has 0 aromatic carbocycles. The van der Waals surface area contributed by atoms with E-state index < -0.39 is 0 Å². The zero-order valence-electron chi connectivity index (χ0n) is 5.80. The fourth-order valence-electron chi connectivity index (χ4n) is 1.10. The van der Waals surface area contributed by atoms with Crippen LogP contribution in [0.2, 0.25) is 0 Å². The Morgan fingerprint density at radius 1 is 1.67 bits per heavy atom. The van der Waals surface area contributed by atoms with Crippen LogP contribution in [0.1, 0.15) is 0 Å². The molecule has 0 spiro atoms. The van der Waals surface area contributed by atoms with Crippen molar-refractivity contribution in [3.05, 3.63) is 0 Å². The number of aliphatic hydroxyl groups excluding tert-OH is 1. The molecule has 2 N–H and O–H groups in total. The summed E-state index contributed by atoms with van der Waals surface area (Å²) in [5.74, 6) is 0. The van der Waals surface area contributed by atoms with Gasteiger partial charge < -0.3 is 15.3 Å². The first kappa shape index (κ1) is 6.99. The number of nitrogens with one attached hydrogen (secondary N) is 1. The molecule has 0 aliphatic carbocycles. The largest absolute Gasteiger partial charge is 0.395 e. The maximum atomic E-state index is 8.42. The molecule has 1 aliphatic heterocycles. The minimum atomic E-state index is 0.250. The molecule has 0 radical (unpaired) electrons. The van der Waals surface area contributed by atoms with Crippen molar-refractivity contribution >= 4 is 0 Å². The van der Waals surface area contributed by atoms with E-state index in [4.69, 9.17) is 5.11 Å². The summed E-state index contributed by atoms with van der Waals surface area (Å²) >= 11 is 0. The van der Waals surface area contributed by atoms with Crippen molar-refractivity contribution in [2.45, 2.75) is 6.04 Å². The fraction of sp³-hybridized carbons (Fsp3) is 1.00. The maximum absolute atomic E-state index is 8.42. The normalized spacial score (nSPS) is 22.0. The highest BCUT2D eigenvalue weighted by molar-refractivity contribution is 4.82. The summed E-state index contributed by atoms with van der Waals surface area (Å²) in [6.45, 7) is 3.23. The van der Waals surface area contributed by atoms with Crippen LogP contribution in [-0.4, -0.2) is 49.3 Å².